The Balaban J connectivity index is 2.77. The third-order valence-corrected chi connectivity index (χ3v) is 3.08. The van der Waals surface area contributed by atoms with Gasteiger partial charge in [-0.05, 0) is 39.3 Å². The molecule has 0 aliphatic rings. The van der Waals surface area contributed by atoms with E-state index in [1.54, 1.807) is 45.0 Å². The molecule has 0 aliphatic carbocycles. The molecule has 1 rings (SSSR count). The number of amides is 1. The van der Waals surface area contributed by atoms with Crippen LogP contribution >= 0.6 is 0 Å². The number of esters is 2. The predicted octanol–water partition coefficient (Wildman–Crippen LogP) is 2.70. The standard InChI is InChI=1S/C18H25NO5/c1-18(2,3)24-17(22)13-19(14-9-6-5-7-10-14)15(20)11-8-12-16(21)23-4/h5-7,9-10H,8,11-13H2,1-4H3. The zero-order valence-corrected chi connectivity index (χ0v) is 14.7. The summed E-state index contributed by atoms with van der Waals surface area (Å²) in [5, 5.41) is 0. The fraction of sp³-hybridized carbons (Fsp3) is 0.500. The van der Waals surface area contributed by atoms with Gasteiger partial charge >= 0.3 is 11.9 Å². The highest BCUT2D eigenvalue weighted by atomic mass is 16.6. The van der Waals surface area contributed by atoms with E-state index in [1.807, 2.05) is 6.07 Å². The van der Waals surface area contributed by atoms with Crippen molar-refractivity contribution < 1.29 is 23.9 Å². The molecule has 0 atom stereocenters. The van der Waals surface area contributed by atoms with Gasteiger partial charge in [0.1, 0.15) is 12.1 Å². The van der Waals surface area contributed by atoms with Gasteiger partial charge < -0.3 is 14.4 Å². The normalized spacial score (nSPS) is 10.8. The molecule has 0 saturated carbocycles. The molecule has 132 valence electrons. The molecule has 0 aromatic heterocycles. The number of anilines is 1. The lowest BCUT2D eigenvalue weighted by atomic mass is 10.2. The van der Waals surface area contributed by atoms with Crippen molar-refractivity contribution in [3.05, 3.63) is 30.3 Å². The Morgan fingerprint density at radius 1 is 1.00 bits per heavy atom. The molecule has 6 heteroatoms. The van der Waals surface area contributed by atoms with Gasteiger partial charge in [-0.25, -0.2) is 0 Å². The van der Waals surface area contributed by atoms with Gasteiger partial charge in [0.05, 0.1) is 7.11 Å². The number of rotatable bonds is 7. The number of para-hydroxylation sites is 1. The summed E-state index contributed by atoms with van der Waals surface area (Å²) in [5.41, 5.74) is -0.000624. The fourth-order valence-corrected chi connectivity index (χ4v) is 2.06. The Labute approximate surface area is 142 Å². The summed E-state index contributed by atoms with van der Waals surface area (Å²) in [6, 6.07) is 8.92. The summed E-state index contributed by atoms with van der Waals surface area (Å²) in [4.78, 5) is 37.1. The summed E-state index contributed by atoms with van der Waals surface area (Å²) in [6.45, 7) is 5.15. The summed E-state index contributed by atoms with van der Waals surface area (Å²) >= 11 is 0. The number of methoxy groups -OCH3 is 1. The monoisotopic (exact) mass is 335 g/mol. The van der Waals surface area contributed by atoms with Crippen LogP contribution in [0, 0.1) is 0 Å². The number of nitrogens with zero attached hydrogens (tertiary/aromatic N) is 1. The second kappa shape index (κ2) is 9.05. The van der Waals surface area contributed by atoms with Gasteiger partial charge in [0.25, 0.3) is 0 Å². The fourth-order valence-electron chi connectivity index (χ4n) is 2.06. The molecular formula is C18H25NO5. The van der Waals surface area contributed by atoms with Gasteiger partial charge in [-0.1, -0.05) is 18.2 Å². The summed E-state index contributed by atoms with van der Waals surface area (Å²) < 4.78 is 9.85. The van der Waals surface area contributed by atoms with Crippen molar-refractivity contribution >= 4 is 23.5 Å². The summed E-state index contributed by atoms with van der Waals surface area (Å²) in [6.07, 6.45) is 0.674. The van der Waals surface area contributed by atoms with E-state index < -0.39 is 11.6 Å². The molecule has 0 aliphatic heterocycles. The quantitative estimate of drug-likeness (QED) is 0.716. The van der Waals surface area contributed by atoms with Crippen LogP contribution in [0.4, 0.5) is 5.69 Å². The van der Waals surface area contributed by atoms with Crippen molar-refractivity contribution in [3.63, 3.8) is 0 Å². The maximum Gasteiger partial charge on any atom is 0.326 e. The van der Waals surface area contributed by atoms with Crippen LogP contribution in [0.1, 0.15) is 40.0 Å². The van der Waals surface area contributed by atoms with Crippen LogP contribution in [0.25, 0.3) is 0 Å². The largest absolute Gasteiger partial charge is 0.469 e. The molecule has 0 heterocycles. The highest BCUT2D eigenvalue weighted by molar-refractivity contribution is 5.97. The summed E-state index contributed by atoms with van der Waals surface area (Å²) in [7, 11) is 1.31. The van der Waals surface area contributed by atoms with Crippen LogP contribution in [0.15, 0.2) is 30.3 Å². The third kappa shape index (κ3) is 7.26. The molecule has 0 unspecified atom stereocenters. The average molecular weight is 335 g/mol. The van der Waals surface area contributed by atoms with Gasteiger partial charge in [-0.2, -0.15) is 0 Å². The van der Waals surface area contributed by atoms with Crippen molar-refractivity contribution in [2.45, 2.75) is 45.6 Å². The Morgan fingerprint density at radius 3 is 2.17 bits per heavy atom. The zero-order valence-electron chi connectivity index (χ0n) is 14.7. The molecule has 1 aromatic rings. The van der Waals surface area contributed by atoms with Crippen molar-refractivity contribution in [2.75, 3.05) is 18.6 Å². The molecule has 0 bridgehead atoms. The minimum Gasteiger partial charge on any atom is -0.469 e. The van der Waals surface area contributed by atoms with Gasteiger partial charge in [-0.15, -0.1) is 0 Å². The highest BCUT2D eigenvalue weighted by Gasteiger charge is 2.23. The summed E-state index contributed by atoms with van der Waals surface area (Å²) in [5.74, 6) is -1.08. The van der Waals surface area contributed by atoms with Crippen molar-refractivity contribution in [1.29, 1.82) is 0 Å². The first-order valence-corrected chi connectivity index (χ1v) is 7.87. The maximum absolute atomic E-state index is 12.5. The smallest absolute Gasteiger partial charge is 0.326 e. The second-order valence-corrected chi connectivity index (χ2v) is 6.33. The van der Waals surface area contributed by atoms with Crippen LogP contribution in [0.5, 0.6) is 0 Å². The maximum atomic E-state index is 12.5. The van der Waals surface area contributed by atoms with E-state index in [0.717, 1.165) is 0 Å². The van der Waals surface area contributed by atoms with Crippen LogP contribution in [0.3, 0.4) is 0 Å². The Morgan fingerprint density at radius 2 is 1.62 bits per heavy atom. The van der Waals surface area contributed by atoms with Gasteiger partial charge in [0, 0.05) is 18.5 Å². The average Bonchev–Trinajstić information content (AvgIpc) is 2.51. The number of carbonyl (C=O) groups excluding carboxylic acids is 3. The van der Waals surface area contributed by atoms with Crippen LogP contribution < -0.4 is 4.90 Å². The first kappa shape index (κ1) is 19.7. The molecular weight excluding hydrogens is 310 g/mol. The molecule has 1 amide bonds. The first-order chi connectivity index (χ1) is 11.2. The van der Waals surface area contributed by atoms with E-state index >= 15 is 0 Å². The van der Waals surface area contributed by atoms with E-state index in [0.29, 0.717) is 12.1 Å². The Kier molecular flexibility index (Phi) is 7.42. The molecule has 0 N–H and O–H groups in total. The van der Waals surface area contributed by atoms with Crippen LogP contribution in [-0.2, 0) is 23.9 Å². The number of ether oxygens (including phenoxy) is 2. The lowest BCUT2D eigenvalue weighted by Crippen LogP contribution is -2.38. The lowest BCUT2D eigenvalue weighted by Gasteiger charge is -2.25. The first-order valence-electron chi connectivity index (χ1n) is 7.87. The van der Waals surface area contributed by atoms with Gasteiger partial charge in [0.2, 0.25) is 5.91 Å². The topological polar surface area (TPSA) is 72.9 Å². The van der Waals surface area contributed by atoms with Crippen molar-refractivity contribution in [3.8, 4) is 0 Å². The van der Waals surface area contributed by atoms with Crippen molar-refractivity contribution in [2.24, 2.45) is 0 Å². The van der Waals surface area contributed by atoms with E-state index in [1.165, 1.54) is 12.0 Å². The Bertz CT molecular complexity index is 563. The van der Waals surface area contributed by atoms with E-state index in [-0.39, 0.29) is 31.3 Å². The number of carbonyl (C=O) groups is 3. The molecule has 1 aromatic carbocycles. The molecule has 0 radical (unpaired) electrons. The third-order valence-electron chi connectivity index (χ3n) is 3.08. The lowest BCUT2D eigenvalue weighted by molar-refractivity contribution is -0.153. The predicted molar refractivity (Wildman–Crippen MR) is 90.5 cm³/mol. The number of hydrogen-bond donors (Lipinski definition) is 0. The Hall–Kier alpha value is -2.37. The zero-order chi connectivity index (χ0) is 18.2. The molecule has 0 fully saturated rings. The highest BCUT2D eigenvalue weighted by Crippen LogP contribution is 2.17. The van der Waals surface area contributed by atoms with Crippen molar-refractivity contribution in [1.82, 2.24) is 0 Å². The SMILES string of the molecule is COC(=O)CCCC(=O)N(CC(=O)OC(C)(C)C)c1ccccc1. The number of hydrogen-bond acceptors (Lipinski definition) is 5. The molecule has 24 heavy (non-hydrogen) atoms. The molecule has 6 nitrogen and oxygen atoms in total. The molecule has 0 spiro atoms. The van der Waals surface area contributed by atoms with E-state index in [9.17, 15) is 14.4 Å². The van der Waals surface area contributed by atoms with E-state index in [2.05, 4.69) is 4.74 Å². The minimum atomic E-state index is -0.618. The van der Waals surface area contributed by atoms with Gasteiger partial charge in [-0.3, -0.25) is 14.4 Å². The van der Waals surface area contributed by atoms with Gasteiger partial charge in [0.15, 0.2) is 0 Å². The van der Waals surface area contributed by atoms with E-state index in [4.69, 9.17) is 4.74 Å². The number of benzene rings is 1. The minimum absolute atomic E-state index is 0.146. The molecule has 0 saturated heterocycles. The van der Waals surface area contributed by atoms with Crippen LogP contribution in [-0.4, -0.2) is 37.1 Å². The van der Waals surface area contributed by atoms with Crippen LogP contribution in [0.2, 0.25) is 0 Å². The second-order valence-electron chi connectivity index (χ2n) is 6.33.